The van der Waals surface area contributed by atoms with Crippen molar-refractivity contribution in [2.45, 2.75) is 32.3 Å². The summed E-state index contributed by atoms with van der Waals surface area (Å²) in [6, 6.07) is 5.24. The zero-order chi connectivity index (χ0) is 11.8. The van der Waals surface area contributed by atoms with Crippen molar-refractivity contribution in [1.29, 1.82) is 0 Å². The highest BCUT2D eigenvalue weighted by atomic mass is 16.5. The van der Waals surface area contributed by atoms with Gasteiger partial charge in [-0.1, -0.05) is 13.3 Å². The van der Waals surface area contributed by atoms with Crippen molar-refractivity contribution in [2.24, 2.45) is 0 Å². The monoisotopic (exact) mass is 220 g/mol. The molecule has 16 heavy (non-hydrogen) atoms. The number of hydrogen-bond acceptors (Lipinski definition) is 3. The number of rotatable bonds is 2. The molecule has 1 unspecified atom stereocenters. The van der Waals surface area contributed by atoms with Gasteiger partial charge in [-0.05, 0) is 25.5 Å². The Labute approximate surface area is 94.8 Å². The van der Waals surface area contributed by atoms with E-state index in [1.54, 1.807) is 25.1 Å². The van der Waals surface area contributed by atoms with E-state index < -0.39 is 5.60 Å². The van der Waals surface area contributed by atoms with Gasteiger partial charge in [0.2, 0.25) is 0 Å². The van der Waals surface area contributed by atoms with Crippen LogP contribution in [0.2, 0.25) is 0 Å². The molecule has 4 nitrogen and oxygen atoms in total. The predicted molar refractivity (Wildman–Crippen MR) is 63.4 cm³/mol. The highest BCUT2D eigenvalue weighted by Gasteiger charge is 2.39. The van der Waals surface area contributed by atoms with Gasteiger partial charge in [-0.3, -0.25) is 4.79 Å². The lowest BCUT2D eigenvalue weighted by atomic mass is 9.97. The van der Waals surface area contributed by atoms with Crippen LogP contribution in [0.25, 0.3) is 0 Å². The van der Waals surface area contributed by atoms with Gasteiger partial charge in [-0.15, -0.1) is 0 Å². The highest BCUT2D eigenvalue weighted by Crippen LogP contribution is 2.36. The van der Waals surface area contributed by atoms with Crippen LogP contribution >= 0.6 is 0 Å². The van der Waals surface area contributed by atoms with E-state index in [1.165, 1.54) is 0 Å². The summed E-state index contributed by atoms with van der Waals surface area (Å²) in [6.07, 6.45) is 1.58. The molecule has 0 saturated heterocycles. The Bertz CT molecular complexity index is 431. The lowest BCUT2D eigenvalue weighted by Gasteiger charge is -2.34. The Balaban J connectivity index is 2.36. The van der Waals surface area contributed by atoms with Crippen LogP contribution in [0.15, 0.2) is 18.2 Å². The second-order valence-electron chi connectivity index (χ2n) is 4.29. The molecule has 2 rings (SSSR count). The van der Waals surface area contributed by atoms with Crippen LogP contribution in [0.3, 0.4) is 0 Å². The molecule has 1 atom stereocenters. The third-order valence-corrected chi connectivity index (χ3v) is 2.80. The summed E-state index contributed by atoms with van der Waals surface area (Å²) in [5.41, 5.74) is 6.22. The summed E-state index contributed by atoms with van der Waals surface area (Å²) in [5, 5.41) is 2.84. The Morgan fingerprint density at radius 3 is 2.94 bits per heavy atom. The van der Waals surface area contributed by atoms with Gasteiger partial charge in [0.15, 0.2) is 5.60 Å². The van der Waals surface area contributed by atoms with Crippen molar-refractivity contribution < 1.29 is 9.53 Å². The Morgan fingerprint density at radius 1 is 1.50 bits per heavy atom. The molecule has 1 aliphatic heterocycles. The number of nitrogen functional groups attached to an aromatic ring is 1. The summed E-state index contributed by atoms with van der Waals surface area (Å²) in [5.74, 6) is 0.558. The third kappa shape index (κ3) is 1.71. The van der Waals surface area contributed by atoms with Gasteiger partial charge in [0.05, 0.1) is 5.69 Å². The molecule has 0 fully saturated rings. The van der Waals surface area contributed by atoms with Crippen LogP contribution in [0.1, 0.15) is 26.7 Å². The van der Waals surface area contributed by atoms with Crippen LogP contribution < -0.4 is 15.8 Å². The van der Waals surface area contributed by atoms with Gasteiger partial charge in [-0.25, -0.2) is 0 Å². The van der Waals surface area contributed by atoms with E-state index >= 15 is 0 Å². The number of hydrogen-bond donors (Lipinski definition) is 2. The number of nitrogens with one attached hydrogen (secondary N) is 1. The minimum Gasteiger partial charge on any atom is -0.475 e. The fourth-order valence-corrected chi connectivity index (χ4v) is 1.91. The van der Waals surface area contributed by atoms with E-state index in [0.29, 0.717) is 23.5 Å². The maximum atomic E-state index is 11.9. The molecule has 0 aromatic heterocycles. The van der Waals surface area contributed by atoms with E-state index in [9.17, 15) is 4.79 Å². The Morgan fingerprint density at radius 2 is 2.25 bits per heavy atom. The van der Waals surface area contributed by atoms with Gasteiger partial charge in [0.25, 0.3) is 5.91 Å². The van der Waals surface area contributed by atoms with Crippen LogP contribution in [-0.4, -0.2) is 11.5 Å². The van der Waals surface area contributed by atoms with E-state index in [0.717, 1.165) is 6.42 Å². The van der Waals surface area contributed by atoms with Crippen molar-refractivity contribution in [2.75, 3.05) is 11.1 Å². The first-order valence-corrected chi connectivity index (χ1v) is 5.45. The van der Waals surface area contributed by atoms with Gasteiger partial charge < -0.3 is 15.8 Å². The molecule has 1 heterocycles. The van der Waals surface area contributed by atoms with E-state index in [1.807, 2.05) is 6.92 Å². The van der Waals surface area contributed by atoms with Crippen LogP contribution in [0.4, 0.5) is 11.4 Å². The maximum absolute atomic E-state index is 11.9. The molecule has 0 aliphatic carbocycles. The molecule has 0 spiro atoms. The standard InChI is InChI=1S/C12H16N2O2/c1-3-6-12(2)11(15)14-9-5-4-8(13)7-10(9)16-12/h4-5,7H,3,6,13H2,1-2H3,(H,14,15). The summed E-state index contributed by atoms with van der Waals surface area (Å²) < 4.78 is 5.76. The van der Waals surface area contributed by atoms with Gasteiger partial charge in [0.1, 0.15) is 5.75 Å². The summed E-state index contributed by atoms with van der Waals surface area (Å²) in [7, 11) is 0. The first-order chi connectivity index (χ1) is 7.55. The first-order valence-electron chi connectivity index (χ1n) is 5.45. The van der Waals surface area contributed by atoms with Crippen LogP contribution in [0, 0.1) is 0 Å². The summed E-state index contributed by atoms with van der Waals surface area (Å²) in [6.45, 7) is 3.83. The lowest BCUT2D eigenvalue weighted by Crippen LogP contribution is -2.48. The van der Waals surface area contributed by atoms with Crippen molar-refractivity contribution in [3.05, 3.63) is 18.2 Å². The van der Waals surface area contributed by atoms with E-state index in [2.05, 4.69) is 5.32 Å². The number of carbonyl (C=O) groups is 1. The van der Waals surface area contributed by atoms with E-state index in [-0.39, 0.29) is 5.91 Å². The molecule has 3 N–H and O–H groups in total. The largest absolute Gasteiger partial charge is 0.475 e. The van der Waals surface area contributed by atoms with Crippen molar-refractivity contribution >= 4 is 17.3 Å². The predicted octanol–water partition coefficient (Wildman–Crippen LogP) is 2.16. The molecule has 86 valence electrons. The number of carbonyl (C=O) groups excluding carboxylic acids is 1. The number of nitrogens with two attached hydrogens (primary N) is 1. The molecular formula is C12H16N2O2. The van der Waals surface area contributed by atoms with E-state index in [4.69, 9.17) is 10.5 Å². The molecule has 0 bridgehead atoms. The van der Waals surface area contributed by atoms with Crippen LogP contribution in [-0.2, 0) is 4.79 Å². The second-order valence-corrected chi connectivity index (χ2v) is 4.29. The fraction of sp³-hybridized carbons (Fsp3) is 0.417. The number of anilines is 2. The topological polar surface area (TPSA) is 64.3 Å². The van der Waals surface area contributed by atoms with Crippen molar-refractivity contribution in [3.63, 3.8) is 0 Å². The Kier molecular flexibility index (Phi) is 2.50. The average Bonchev–Trinajstić information content (AvgIpc) is 2.21. The third-order valence-electron chi connectivity index (χ3n) is 2.80. The van der Waals surface area contributed by atoms with Crippen LogP contribution in [0.5, 0.6) is 5.75 Å². The normalized spacial score (nSPS) is 23.2. The van der Waals surface area contributed by atoms with Crippen molar-refractivity contribution in [3.8, 4) is 5.75 Å². The molecule has 1 aromatic rings. The summed E-state index contributed by atoms with van der Waals surface area (Å²) >= 11 is 0. The molecule has 0 radical (unpaired) electrons. The smallest absolute Gasteiger partial charge is 0.268 e. The Hall–Kier alpha value is -1.71. The van der Waals surface area contributed by atoms with Gasteiger partial charge in [-0.2, -0.15) is 0 Å². The second kappa shape index (κ2) is 3.70. The highest BCUT2D eigenvalue weighted by molar-refractivity contribution is 6.00. The number of benzene rings is 1. The molecular weight excluding hydrogens is 204 g/mol. The average molecular weight is 220 g/mol. The minimum atomic E-state index is -0.782. The minimum absolute atomic E-state index is 0.0911. The summed E-state index contributed by atoms with van der Waals surface area (Å²) in [4.78, 5) is 11.9. The zero-order valence-corrected chi connectivity index (χ0v) is 9.54. The molecule has 1 aromatic carbocycles. The lowest BCUT2D eigenvalue weighted by molar-refractivity contribution is -0.131. The maximum Gasteiger partial charge on any atom is 0.268 e. The van der Waals surface area contributed by atoms with Gasteiger partial charge >= 0.3 is 0 Å². The zero-order valence-electron chi connectivity index (χ0n) is 9.54. The number of amides is 1. The first kappa shape index (κ1) is 10.8. The van der Waals surface area contributed by atoms with Crippen molar-refractivity contribution in [1.82, 2.24) is 0 Å². The SMILES string of the molecule is CCCC1(C)Oc2cc(N)ccc2NC1=O. The molecule has 4 heteroatoms. The molecule has 1 amide bonds. The fourth-order valence-electron chi connectivity index (χ4n) is 1.91. The molecule has 1 aliphatic rings. The number of fused-ring (bicyclic) bond motifs is 1. The van der Waals surface area contributed by atoms with Gasteiger partial charge in [0, 0.05) is 11.8 Å². The number of ether oxygens (including phenoxy) is 1. The molecule has 0 saturated carbocycles. The quantitative estimate of drug-likeness (QED) is 0.751.